The number of carbonyl (C=O) groups is 2. The Morgan fingerprint density at radius 1 is 0.852 bits per heavy atom. The van der Waals surface area contributed by atoms with E-state index < -0.39 is 11.2 Å². The molecule has 320 valence electrons. The predicted molar refractivity (Wildman–Crippen MR) is 241 cm³/mol. The van der Waals surface area contributed by atoms with Gasteiger partial charge in [-0.15, -0.1) is 0 Å². The minimum Gasteiger partial charge on any atom is -0.371 e. The van der Waals surface area contributed by atoms with Crippen LogP contribution in [0.3, 0.4) is 0 Å². The van der Waals surface area contributed by atoms with Crippen LogP contribution in [0.25, 0.3) is 5.69 Å². The lowest BCUT2D eigenvalue weighted by atomic mass is 9.71. The van der Waals surface area contributed by atoms with Crippen molar-refractivity contribution < 1.29 is 9.59 Å². The van der Waals surface area contributed by atoms with E-state index in [4.69, 9.17) is 16.6 Å². The highest BCUT2D eigenvalue weighted by atomic mass is 35.5. The highest BCUT2D eigenvalue weighted by Crippen LogP contribution is 2.42. The van der Waals surface area contributed by atoms with Crippen LogP contribution in [0.2, 0.25) is 5.02 Å². The number of carbonyl (C=O) groups excluding carboxylic acids is 2. The number of piperidine rings is 2. The number of benzene rings is 2. The quantitative estimate of drug-likeness (QED) is 0.122. The largest absolute Gasteiger partial charge is 0.371 e. The third-order valence-corrected chi connectivity index (χ3v) is 13.6. The number of aromatic amines is 1. The maximum Gasteiger partial charge on any atom is 0.332 e. The monoisotopic (exact) mass is 865 g/mol. The third-order valence-electron chi connectivity index (χ3n) is 12.4. The second-order valence-corrected chi connectivity index (χ2v) is 17.8. The number of likely N-dealkylation sites (tertiary alicyclic amines) is 1. The molecule has 6 heterocycles. The fraction of sp³-hybridized carbons (Fsp3) is 0.432. The van der Waals surface area contributed by atoms with Gasteiger partial charge in [0.2, 0.25) is 5.91 Å². The van der Waals surface area contributed by atoms with Gasteiger partial charge in [0, 0.05) is 82.8 Å². The number of amides is 2. The fourth-order valence-corrected chi connectivity index (χ4v) is 9.66. The molecule has 3 N–H and O–H groups in total. The van der Waals surface area contributed by atoms with Crippen molar-refractivity contribution in [2.24, 2.45) is 5.41 Å². The third kappa shape index (κ3) is 10.1. The number of para-hydroxylation sites is 1. The fourth-order valence-electron chi connectivity index (χ4n) is 8.67. The Labute approximate surface area is 363 Å². The second-order valence-electron chi connectivity index (χ2n) is 16.3. The minimum absolute atomic E-state index is 0.274. The molecule has 3 saturated heterocycles. The summed E-state index contributed by atoms with van der Waals surface area (Å²) < 4.78 is 1.43. The summed E-state index contributed by atoms with van der Waals surface area (Å²) in [6, 6.07) is 16.7. The van der Waals surface area contributed by atoms with E-state index in [-0.39, 0.29) is 11.8 Å². The summed E-state index contributed by atoms with van der Waals surface area (Å²) in [4.78, 5) is 75.5. The van der Waals surface area contributed by atoms with Gasteiger partial charge in [-0.2, -0.15) is 0 Å². The summed E-state index contributed by atoms with van der Waals surface area (Å²) in [7, 11) is 0. The molecule has 1 spiro atoms. The van der Waals surface area contributed by atoms with E-state index in [0.29, 0.717) is 49.9 Å². The van der Waals surface area contributed by atoms with Crippen LogP contribution in [0.15, 0.2) is 76.6 Å². The molecule has 0 unspecified atom stereocenters. The maximum atomic E-state index is 13.2. The van der Waals surface area contributed by atoms with Crippen LogP contribution in [0, 0.1) is 19.3 Å². The first kappa shape index (κ1) is 42.1. The molecule has 0 bridgehead atoms. The van der Waals surface area contributed by atoms with E-state index in [0.717, 1.165) is 114 Å². The van der Waals surface area contributed by atoms with Gasteiger partial charge in [-0.1, -0.05) is 35.1 Å². The van der Waals surface area contributed by atoms with Crippen LogP contribution in [0.1, 0.15) is 66.0 Å². The number of unbranched alkanes of at least 4 members (excludes halogenated alkanes) is 1. The first-order valence-corrected chi connectivity index (χ1v) is 22.3. The van der Waals surface area contributed by atoms with Crippen molar-refractivity contribution in [3.63, 3.8) is 0 Å². The van der Waals surface area contributed by atoms with Crippen molar-refractivity contribution in [2.75, 3.05) is 79.3 Å². The van der Waals surface area contributed by atoms with E-state index in [1.165, 1.54) is 28.2 Å². The van der Waals surface area contributed by atoms with E-state index in [9.17, 15) is 19.2 Å². The van der Waals surface area contributed by atoms with E-state index >= 15 is 0 Å². The molecule has 15 nitrogen and oxygen atoms in total. The van der Waals surface area contributed by atoms with Crippen LogP contribution in [-0.2, 0) is 4.79 Å². The van der Waals surface area contributed by atoms with Gasteiger partial charge in [-0.05, 0) is 100 Å². The highest BCUT2D eigenvalue weighted by molar-refractivity contribution is 7.17. The molecule has 17 heteroatoms. The number of hydrogen-bond donors (Lipinski definition) is 3. The van der Waals surface area contributed by atoms with Crippen LogP contribution < -0.4 is 31.7 Å². The second kappa shape index (κ2) is 18.6. The summed E-state index contributed by atoms with van der Waals surface area (Å²) in [6.45, 7) is 11.9. The lowest BCUT2D eigenvalue weighted by Crippen LogP contribution is -2.48. The number of aromatic nitrogens is 5. The zero-order valence-corrected chi connectivity index (χ0v) is 36.2. The number of thiazole rings is 1. The first-order valence-electron chi connectivity index (χ1n) is 21.1. The zero-order chi connectivity index (χ0) is 42.5. The molecule has 0 saturated carbocycles. The number of hydrogen-bond acceptors (Lipinski definition) is 12. The molecule has 5 aromatic rings. The number of halogens is 1. The summed E-state index contributed by atoms with van der Waals surface area (Å²) in [6.07, 6.45) is 9.87. The average molecular weight is 866 g/mol. The van der Waals surface area contributed by atoms with Gasteiger partial charge in [-0.25, -0.2) is 19.7 Å². The summed E-state index contributed by atoms with van der Waals surface area (Å²) >= 11 is 7.55. The molecule has 2 aromatic carbocycles. The Morgan fingerprint density at radius 2 is 1.57 bits per heavy atom. The van der Waals surface area contributed by atoms with Crippen LogP contribution in [0.4, 0.5) is 28.1 Å². The molecule has 0 atom stereocenters. The van der Waals surface area contributed by atoms with E-state index in [2.05, 4.69) is 45.2 Å². The summed E-state index contributed by atoms with van der Waals surface area (Å²) in [5, 5.41) is 7.20. The van der Waals surface area contributed by atoms with Gasteiger partial charge in [0.15, 0.2) is 5.13 Å². The number of nitrogens with one attached hydrogen (secondary N) is 3. The molecule has 0 radical (unpaired) electrons. The van der Waals surface area contributed by atoms with Crippen molar-refractivity contribution in [3.8, 4) is 5.69 Å². The standard InChI is InChI=1S/C44H52ClN11O4S/c1-30-6-5-7-34(45)40(30)51-41(59)35-29-46-42(61-35)49-36-28-37(48-31(2)47-36)54-26-24-52(25-27-54)18-4-3-8-39(58)55-22-16-44(17-23-55)14-20-53(21-15-44)32-9-11-33(12-10-32)56-19-13-38(57)50-43(56)60/h5-7,9-13,19,28-29H,3-4,8,14-18,20-27H2,1-2H3,(H,51,59)(H,50,57,60)(H,46,47,48,49). The lowest BCUT2D eigenvalue weighted by molar-refractivity contribution is -0.133. The number of rotatable bonds is 12. The molecule has 2 amide bonds. The predicted octanol–water partition coefficient (Wildman–Crippen LogP) is 6.24. The normalized spacial score (nSPS) is 16.8. The van der Waals surface area contributed by atoms with Crippen LogP contribution in [0.5, 0.6) is 0 Å². The van der Waals surface area contributed by atoms with Gasteiger partial charge in [0.05, 0.1) is 22.6 Å². The smallest absolute Gasteiger partial charge is 0.332 e. The number of anilines is 5. The highest BCUT2D eigenvalue weighted by Gasteiger charge is 2.38. The number of piperazine rings is 1. The molecule has 0 aliphatic carbocycles. The number of aryl methyl sites for hydroxylation is 2. The Morgan fingerprint density at radius 3 is 2.30 bits per heavy atom. The molecule has 3 aliphatic heterocycles. The van der Waals surface area contributed by atoms with Gasteiger partial charge in [0.1, 0.15) is 22.3 Å². The Bertz CT molecular complexity index is 2440. The first-order chi connectivity index (χ1) is 29.5. The molecule has 3 fully saturated rings. The number of nitrogens with zero attached hydrogens (tertiary/aromatic N) is 8. The molecule has 8 rings (SSSR count). The molecular weight excluding hydrogens is 814 g/mol. The Kier molecular flexibility index (Phi) is 12.8. The summed E-state index contributed by atoms with van der Waals surface area (Å²) in [5.74, 6) is 2.13. The Hall–Kier alpha value is -5.58. The average Bonchev–Trinajstić information content (AvgIpc) is 3.73. The maximum absolute atomic E-state index is 13.2. The number of H-pyrrole nitrogens is 1. The van der Waals surface area contributed by atoms with Gasteiger partial charge in [0.25, 0.3) is 11.5 Å². The van der Waals surface area contributed by atoms with E-state index in [1.54, 1.807) is 12.3 Å². The van der Waals surface area contributed by atoms with Crippen molar-refractivity contribution >= 4 is 62.9 Å². The minimum atomic E-state index is -0.448. The zero-order valence-electron chi connectivity index (χ0n) is 34.7. The van der Waals surface area contributed by atoms with Gasteiger partial charge in [-0.3, -0.25) is 28.8 Å². The lowest BCUT2D eigenvalue weighted by Gasteiger charge is -2.47. The summed E-state index contributed by atoms with van der Waals surface area (Å²) in [5.41, 5.74) is 2.76. The molecule has 61 heavy (non-hydrogen) atoms. The Balaban J connectivity index is 0.727. The molecule has 3 aliphatic rings. The van der Waals surface area contributed by atoms with Crippen molar-refractivity contribution in [3.05, 3.63) is 109 Å². The topological polar surface area (TPSA) is 165 Å². The van der Waals surface area contributed by atoms with Gasteiger partial charge < -0.3 is 25.3 Å². The van der Waals surface area contributed by atoms with Crippen LogP contribution in [-0.4, -0.2) is 105 Å². The van der Waals surface area contributed by atoms with Crippen molar-refractivity contribution in [1.82, 2.24) is 34.3 Å². The molecule has 3 aromatic heterocycles. The SMILES string of the molecule is Cc1nc(Nc2ncc(C(=O)Nc3c(C)cccc3Cl)s2)cc(N2CCN(CCCCC(=O)N3CCC4(CC3)CCN(c3ccc(-n5ccc(=O)[nH]c5=O)cc3)CC4)CC2)n1. The molecular formula is C44H52ClN11O4S. The van der Waals surface area contributed by atoms with Crippen LogP contribution >= 0.6 is 22.9 Å². The van der Waals surface area contributed by atoms with Crippen molar-refractivity contribution in [2.45, 2.75) is 58.8 Å². The van der Waals surface area contributed by atoms with Crippen molar-refractivity contribution in [1.29, 1.82) is 0 Å². The van der Waals surface area contributed by atoms with E-state index in [1.807, 2.05) is 56.3 Å². The van der Waals surface area contributed by atoms with Gasteiger partial charge >= 0.3 is 5.69 Å².